The van der Waals surface area contributed by atoms with Crippen molar-refractivity contribution in [3.8, 4) is 0 Å². The third-order valence-corrected chi connectivity index (χ3v) is 12.2. The highest BCUT2D eigenvalue weighted by Crippen LogP contribution is 2.48. The second kappa shape index (κ2) is 17.4. The molecule has 0 aromatic heterocycles. The molecule has 2 fully saturated rings. The minimum atomic E-state index is -1.93. The first-order valence-electron chi connectivity index (χ1n) is 19.8. The van der Waals surface area contributed by atoms with Gasteiger partial charge in [-0.05, 0) is 66.7 Å². The molecule has 56 heavy (non-hydrogen) atoms. The Labute approximate surface area is 335 Å². The van der Waals surface area contributed by atoms with Crippen LogP contribution in [0.4, 0.5) is 0 Å². The maximum absolute atomic E-state index is 14.5. The van der Waals surface area contributed by atoms with Crippen LogP contribution in [0.1, 0.15) is 79.7 Å². The van der Waals surface area contributed by atoms with Gasteiger partial charge >= 0.3 is 17.9 Å². The number of carbonyl (C=O) groups excluding carboxylic acids is 3. The zero-order valence-electron chi connectivity index (χ0n) is 33.3. The normalized spacial score (nSPS) is 39.0. The molecule has 1 spiro atoms. The number of benzene rings is 1. The van der Waals surface area contributed by atoms with E-state index >= 15 is 0 Å². The van der Waals surface area contributed by atoms with Crippen LogP contribution < -0.4 is 0 Å². The standard InChI is InChI=1S/C45H55ClO10/c1-8-26(2)40-29(5)20-21-44(56-40)24-35-23-34(55-44)18-16-28(4)39(52-31(7)47)27(3)12-11-14-33-25-51-42-41(30(6)22-36(43(49)53-35)45(33,42)50)54-38(48)19-17-32-13-9-10-15-37(32)46/h9-17,19-22,26-27,29,34-36,39-42,50H,8,18,23-25H2,1-7H3/b12-11+,19-17+,28-16+,33-14+/t26-,27-,29-,34+,35-,36-,39-,40+,41+,42+,44+,45+/m0/s1. The van der Waals surface area contributed by atoms with Gasteiger partial charge in [-0.25, -0.2) is 4.79 Å². The Morgan fingerprint density at radius 3 is 2.55 bits per heavy atom. The van der Waals surface area contributed by atoms with Gasteiger partial charge in [0.25, 0.3) is 0 Å². The number of allylic oxidation sites excluding steroid dienone is 2. The van der Waals surface area contributed by atoms with Gasteiger partial charge in [0.2, 0.25) is 0 Å². The van der Waals surface area contributed by atoms with Gasteiger partial charge < -0.3 is 33.5 Å². The number of aliphatic hydroxyl groups is 1. The maximum Gasteiger partial charge on any atom is 0.331 e. The molecule has 2 saturated heterocycles. The molecule has 4 aliphatic heterocycles. The summed E-state index contributed by atoms with van der Waals surface area (Å²) < 4.78 is 38.0. The molecule has 1 aromatic carbocycles. The highest BCUT2D eigenvalue weighted by molar-refractivity contribution is 6.32. The quantitative estimate of drug-likeness (QED) is 0.132. The topological polar surface area (TPSA) is 127 Å². The van der Waals surface area contributed by atoms with E-state index < -0.39 is 65.7 Å². The molecule has 302 valence electrons. The van der Waals surface area contributed by atoms with Crippen molar-refractivity contribution >= 4 is 35.6 Å². The van der Waals surface area contributed by atoms with E-state index in [1.54, 1.807) is 49.4 Å². The van der Waals surface area contributed by atoms with Crippen molar-refractivity contribution in [2.75, 3.05) is 6.61 Å². The van der Waals surface area contributed by atoms with Gasteiger partial charge in [-0.3, -0.25) is 9.59 Å². The van der Waals surface area contributed by atoms with Gasteiger partial charge in [0.05, 0.1) is 18.8 Å². The number of ether oxygens (including phenoxy) is 6. The number of esters is 3. The lowest BCUT2D eigenvalue weighted by molar-refractivity contribution is -0.300. The Morgan fingerprint density at radius 2 is 1.82 bits per heavy atom. The van der Waals surface area contributed by atoms with Gasteiger partial charge in [0.15, 0.2) is 11.9 Å². The van der Waals surface area contributed by atoms with E-state index in [0.29, 0.717) is 34.6 Å². The average molecular weight is 791 g/mol. The predicted octanol–water partition coefficient (Wildman–Crippen LogP) is 7.80. The summed E-state index contributed by atoms with van der Waals surface area (Å²) in [6.07, 6.45) is 14.1. The maximum atomic E-state index is 14.5. The first-order valence-corrected chi connectivity index (χ1v) is 20.1. The number of halogens is 1. The summed E-state index contributed by atoms with van der Waals surface area (Å²) in [5.74, 6) is -3.86. The fraction of sp³-hybridized carbons (Fsp3) is 0.533. The van der Waals surface area contributed by atoms with Crippen LogP contribution >= 0.6 is 11.6 Å². The molecule has 11 heteroatoms. The zero-order chi connectivity index (χ0) is 40.4. The predicted molar refractivity (Wildman–Crippen MR) is 212 cm³/mol. The smallest absolute Gasteiger partial charge is 0.331 e. The lowest BCUT2D eigenvalue weighted by Crippen LogP contribution is -2.59. The molecule has 0 unspecified atom stereocenters. The van der Waals surface area contributed by atoms with Gasteiger partial charge in [-0.15, -0.1) is 0 Å². The number of rotatable bonds is 6. The number of hydrogen-bond acceptors (Lipinski definition) is 10. The SMILES string of the molecule is CC[C@H](C)[C@H]1O[C@]2(C=C[C@@H]1C)C[C@@H]1C[C@@H](C/C=C(\C)[C@@H](OC(C)=O)[C@@H](C)/C=C/C=C3\CO[C@@H]4[C@H](OC(=O)/C=C/c5ccccc5Cl)C(C)=C[C@@H](C(=O)O1)[C@]34O)O2. The molecular formula is C45H55ClO10. The van der Waals surface area contributed by atoms with Gasteiger partial charge in [-0.1, -0.05) is 100 Å². The highest BCUT2D eigenvalue weighted by Gasteiger charge is 2.61. The van der Waals surface area contributed by atoms with Crippen LogP contribution in [0.2, 0.25) is 5.02 Å². The molecule has 0 radical (unpaired) electrons. The lowest BCUT2D eigenvalue weighted by atomic mass is 9.70. The minimum Gasteiger partial charge on any atom is -0.462 e. The van der Waals surface area contributed by atoms with E-state index in [9.17, 15) is 19.5 Å². The van der Waals surface area contributed by atoms with E-state index in [2.05, 4.69) is 26.8 Å². The molecule has 6 rings (SSSR count). The summed E-state index contributed by atoms with van der Waals surface area (Å²) in [4.78, 5) is 40.0. The fourth-order valence-electron chi connectivity index (χ4n) is 8.59. The molecule has 4 heterocycles. The average Bonchev–Trinajstić information content (AvgIpc) is 3.49. The molecule has 0 amide bonds. The van der Waals surface area contributed by atoms with Crippen LogP contribution in [0.3, 0.4) is 0 Å². The monoisotopic (exact) mass is 790 g/mol. The van der Waals surface area contributed by atoms with Crippen molar-refractivity contribution in [1.82, 2.24) is 0 Å². The summed E-state index contributed by atoms with van der Waals surface area (Å²) in [7, 11) is 0. The number of fused-ring (bicyclic) bond motifs is 2. The zero-order valence-corrected chi connectivity index (χ0v) is 34.1. The second-order valence-electron chi connectivity index (χ2n) is 16.0. The van der Waals surface area contributed by atoms with Crippen LogP contribution in [-0.4, -0.2) is 77.6 Å². The summed E-state index contributed by atoms with van der Waals surface area (Å²) in [6, 6.07) is 7.10. The van der Waals surface area contributed by atoms with Crippen LogP contribution in [-0.2, 0) is 42.8 Å². The molecule has 10 nitrogen and oxygen atoms in total. The molecule has 0 saturated carbocycles. The van der Waals surface area contributed by atoms with E-state index in [1.807, 2.05) is 38.1 Å². The largest absolute Gasteiger partial charge is 0.462 e. The molecule has 2 bridgehead atoms. The van der Waals surface area contributed by atoms with Gasteiger partial charge in [0.1, 0.15) is 29.8 Å². The lowest BCUT2D eigenvalue weighted by Gasteiger charge is -2.48. The summed E-state index contributed by atoms with van der Waals surface area (Å²) in [5.41, 5.74) is 0.518. The van der Waals surface area contributed by atoms with E-state index in [-0.39, 0.29) is 36.9 Å². The van der Waals surface area contributed by atoms with Crippen molar-refractivity contribution in [3.63, 3.8) is 0 Å². The number of carbonyl (C=O) groups is 3. The Kier molecular flexibility index (Phi) is 13.0. The number of hydrogen-bond donors (Lipinski definition) is 1. The second-order valence-corrected chi connectivity index (χ2v) is 16.5. The molecule has 12 atom stereocenters. The van der Waals surface area contributed by atoms with Gasteiger partial charge in [-0.2, -0.15) is 0 Å². The third kappa shape index (κ3) is 8.85. The molecular weight excluding hydrogens is 736 g/mol. The van der Waals surface area contributed by atoms with E-state index in [0.717, 1.165) is 12.0 Å². The van der Waals surface area contributed by atoms with Gasteiger partial charge in [0, 0.05) is 42.7 Å². The summed E-state index contributed by atoms with van der Waals surface area (Å²) >= 11 is 6.28. The highest BCUT2D eigenvalue weighted by atomic mass is 35.5. The van der Waals surface area contributed by atoms with Crippen molar-refractivity contribution in [3.05, 3.63) is 100 Å². The molecule has 5 aliphatic rings. The Hall–Kier alpha value is -3.80. The molecule has 1 aromatic rings. The van der Waals surface area contributed by atoms with Crippen molar-refractivity contribution in [2.45, 2.75) is 122 Å². The Bertz CT molecular complexity index is 1840. The third-order valence-electron chi connectivity index (χ3n) is 11.8. The Morgan fingerprint density at radius 1 is 1.05 bits per heavy atom. The van der Waals surface area contributed by atoms with Crippen LogP contribution in [0, 0.1) is 23.7 Å². The van der Waals surface area contributed by atoms with Crippen molar-refractivity contribution in [1.29, 1.82) is 0 Å². The van der Waals surface area contributed by atoms with Crippen molar-refractivity contribution < 1.29 is 47.9 Å². The minimum absolute atomic E-state index is 0.0309. The summed E-state index contributed by atoms with van der Waals surface area (Å²) in [5, 5.41) is 13.3. The van der Waals surface area contributed by atoms with Crippen LogP contribution in [0.25, 0.3) is 6.08 Å². The fourth-order valence-corrected chi connectivity index (χ4v) is 8.79. The van der Waals surface area contributed by atoms with Crippen molar-refractivity contribution in [2.24, 2.45) is 23.7 Å². The Balaban J connectivity index is 1.38. The van der Waals surface area contributed by atoms with Crippen LogP contribution in [0.5, 0.6) is 0 Å². The molecule has 1 aliphatic carbocycles. The van der Waals surface area contributed by atoms with Crippen LogP contribution in [0.15, 0.2) is 89.6 Å². The summed E-state index contributed by atoms with van der Waals surface area (Å²) in [6.45, 7) is 13.4. The first-order chi connectivity index (χ1) is 26.6. The first kappa shape index (κ1) is 41.8. The van der Waals surface area contributed by atoms with E-state index in [1.165, 1.54) is 13.0 Å². The molecule has 1 N–H and O–H groups in total. The van der Waals surface area contributed by atoms with E-state index in [4.69, 9.17) is 40.0 Å².